The summed E-state index contributed by atoms with van der Waals surface area (Å²) in [6, 6.07) is 7.45. The molecule has 0 spiro atoms. The van der Waals surface area contributed by atoms with Gasteiger partial charge in [-0.15, -0.1) is 0 Å². The van der Waals surface area contributed by atoms with Gasteiger partial charge in [-0.25, -0.2) is 0 Å². The molecule has 1 rings (SSSR count). The van der Waals surface area contributed by atoms with Gasteiger partial charge in [0, 0.05) is 18.8 Å². The molecule has 1 aromatic rings. The highest BCUT2D eigenvalue weighted by atomic mass is 16.2. The number of amides is 1. The topological polar surface area (TPSA) is 67.2 Å². The van der Waals surface area contributed by atoms with Gasteiger partial charge >= 0.3 is 0 Å². The highest BCUT2D eigenvalue weighted by Crippen LogP contribution is 2.09. The summed E-state index contributed by atoms with van der Waals surface area (Å²) in [4.78, 5) is 11.6. The van der Waals surface area contributed by atoms with Gasteiger partial charge in [0.15, 0.2) is 0 Å². The number of hydrogen-bond donors (Lipinski definition) is 3. The quantitative estimate of drug-likeness (QED) is 0.651. The van der Waals surface area contributed by atoms with E-state index in [1.807, 2.05) is 38.1 Å². The third kappa shape index (κ3) is 4.44. The predicted octanol–water partition coefficient (Wildman–Crippen LogP) is 1.27. The van der Waals surface area contributed by atoms with Gasteiger partial charge in [-0.1, -0.05) is 25.1 Å². The summed E-state index contributed by atoms with van der Waals surface area (Å²) in [5, 5.41) is 6.01. The molecular weight excluding hydrogens is 214 g/mol. The monoisotopic (exact) mass is 235 g/mol. The molecule has 0 saturated carbocycles. The third-order valence-corrected chi connectivity index (χ3v) is 2.60. The molecule has 94 valence electrons. The molecule has 4 N–H and O–H groups in total. The molecule has 0 fully saturated rings. The van der Waals surface area contributed by atoms with Crippen LogP contribution < -0.4 is 16.4 Å². The van der Waals surface area contributed by atoms with Crippen LogP contribution in [-0.2, 0) is 11.3 Å². The fraction of sp³-hybridized carbons (Fsp3) is 0.462. The third-order valence-electron chi connectivity index (χ3n) is 2.60. The number of hydrogen-bond acceptors (Lipinski definition) is 3. The smallest absolute Gasteiger partial charge is 0.236 e. The van der Waals surface area contributed by atoms with Crippen LogP contribution in [0.4, 0.5) is 5.69 Å². The molecule has 0 aliphatic rings. The summed E-state index contributed by atoms with van der Waals surface area (Å²) in [7, 11) is 0. The molecule has 1 aromatic carbocycles. The molecule has 0 aromatic heterocycles. The van der Waals surface area contributed by atoms with Crippen molar-refractivity contribution in [3.8, 4) is 0 Å². The Balaban J connectivity index is 2.40. The number of carbonyl (C=O) groups is 1. The number of para-hydroxylation sites is 1. The van der Waals surface area contributed by atoms with Crippen molar-refractivity contribution in [3.63, 3.8) is 0 Å². The SMILES string of the molecule is CCCNC(=O)C(C)NCc1ccccc1N. The van der Waals surface area contributed by atoms with Crippen LogP contribution in [0.1, 0.15) is 25.8 Å². The van der Waals surface area contributed by atoms with Gasteiger partial charge in [-0.3, -0.25) is 4.79 Å². The molecule has 0 aliphatic carbocycles. The van der Waals surface area contributed by atoms with Gasteiger partial charge in [-0.05, 0) is 25.0 Å². The van der Waals surface area contributed by atoms with Crippen LogP contribution >= 0.6 is 0 Å². The molecule has 1 atom stereocenters. The lowest BCUT2D eigenvalue weighted by molar-refractivity contribution is -0.122. The summed E-state index contributed by atoms with van der Waals surface area (Å²) in [5.74, 6) is 0.0290. The zero-order valence-corrected chi connectivity index (χ0v) is 10.5. The highest BCUT2D eigenvalue weighted by Gasteiger charge is 2.11. The number of carbonyl (C=O) groups excluding carboxylic acids is 1. The lowest BCUT2D eigenvalue weighted by Gasteiger charge is -2.14. The van der Waals surface area contributed by atoms with Crippen LogP contribution in [0.15, 0.2) is 24.3 Å². The van der Waals surface area contributed by atoms with Crippen molar-refractivity contribution in [2.24, 2.45) is 0 Å². The number of nitrogens with one attached hydrogen (secondary N) is 2. The molecule has 4 nitrogen and oxygen atoms in total. The van der Waals surface area contributed by atoms with Crippen molar-refractivity contribution >= 4 is 11.6 Å². The van der Waals surface area contributed by atoms with Gasteiger partial charge < -0.3 is 16.4 Å². The van der Waals surface area contributed by atoms with Crippen molar-refractivity contribution in [3.05, 3.63) is 29.8 Å². The van der Waals surface area contributed by atoms with Crippen molar-refractivity contribution in [2.75, 3.05) is 12.3 Å². The fourth-order valence-electron chi connectivity index (χ4n) is 1.45. The zero-order valence-electron chi connectivity index (χ0n) is 10.5. The van der Waals surface area contributed by atoms with E-state index in [9.17, 15) is 4.79 Å². The maximum Gasteiger partial charge on any atom is 0.236 e. The van der Waals surface area contributed by atoms with Crippen molar-refractivity contribution < 1.29 is 4.79 Å². The first-order valence-electron chi connectivity index (χ1n) is 5.99. The second-order valence-electron chi connectivity index (χ2n) is 4.09. The number of benzene rings is 1. The van der Waals surface area contributed by atoms with Gasteiger partial charge in [0.05, 0.1) is 6.04 Å². The van der Waals surface area contributed by atoms with E-state index >= 15 is 0 Å². The van der Waals surface area contributed by atoms with Crippen LogP contribution in [0.2, 0.25) is 0 Å². The largest absolute Gasteiger partial charge is 0.398 e. The van der Waals surface area contributed by atoms with E-state index in [1.54, 1.807) is 0 Å². The zero-order chi connectivity index (χ0) is 12.7. The first-order valence-corrected chi connectivity index (χ1v) is 5.99. The first kappa shape index (κ1) is 13.5. The van der Waals surface area contributed by atoms with Gasteiger partial charge in [-0.2, -0.15) is 0 Å². The Kier molecular flexibility index (Phi) is 5.49. The van der Waals surface area contributed by atoms with E-state index in [0.29, 0.717) is 6.54 Å². The number of nitrogen functional groups attached to an aromatic ring is 1. The molecule has 0 bridgehead atoms. The highest BCUT2D eigenvalue weighted by molar-refractivity contribution is 5.81. The standard InChI is InChI=1S/C13H21N3O/c1-3-8-15-13(17)10(2)16-9-11-6-4-5-7-12(11)14/h4-7,10,16H,3,8-9,14H2,1-2H3,(H,15,17). The fourth-order valence-corrected chi connectivity index (χ4v) is 1.45. The number of anilines is 1. The van der Waals surface area contributed by atoms with E-state index in [1.165, 1.54) is 0 Å². The molecule has 1 unspecified atom stereocenters. The normalized spacial score (nSPS) is 12.1. The summed E-state index contributed by atoms with van der Waals surface area (Å²) in [6.07, 6.45) is 0.949. The minimum Gasteiger partial charge on any atom is -0.398 e. The second-order valence-corrected chi connectivity index (χ2v) is 4.09. The molecule has 17 heavy (non-hydrogen) atoms. The van der Waals surface area contributed by atoms with Crippen LogP contribution in [0.25, 0.3) is 0 Å². The molecule has 1 amide bonds. The van der Waals surface area contributed by atoms with E-state index in [0.717, 1.165) is 24.2 Å². The van der Waals surface area contributed by atoms with E-state index < -0.39 is 0 Å². The number of nitrogens with two attached hydrogens (primary N) is 1. The van der Waals surface area contributed by atoms with Crippen LogP contribution in [0.3, 0.4) is 0 Å². The summed E-state index contributed by atoms with van der Waals surface area (Å²) >= 11 is 0. The average Bonchev–Trinajstić information content (AvgIpc) is 2.34. The van der Waals surface area contributed by atoms with Crippen LogP contribution in [0, 0.1) is 0 Å². The van der Waals surface area contributed by atoms with E-state index in [4.69, 9.17) is 5.73 Å². The molecule has 0 aliphatic heterocycles. The minimum atomic E-state index is -0.207. The summed E-state index contributed by atoms with van der Waals surface area (Å²) in [5.41, 5.74) is 7.59. The first-order chi connectivity index (χ1) is 8.15. The predicted molar refractivity (Wildman–Crippen MR) is 70.5 cm³/mol. The minimum absolute atomic E-state index is 0.0290. The van der Waals surface area contributed by atoms with Crippen molar-refractivity contribution in [1.82, 2.24) is 10.6 Å². The van der Waals surface area contributed by atoms with Crippen molar-refractivity contribution in [2.45, 2.75) is 32.9 Å². The van der Waals surface area contributed by atoms with Gasteiger partial charge in [0.1, 0.15) is 0 Å². The number of rotatable bonds is 6. The second kappa shape index (κ2) is 6.91. The molecule has 0 radical (unpaired) electrons. The Morgan fingerprint density at radius 3 is 2.76 bits per heavy atom. The Hall–Kier alpha value is -1.55. The summed E-state index contributed by atoms with van der Waals surface area (Å²) < 4.78 is 0. The maximum absolute atomic E-state index is 11.6. The van der Waals surface area contributed by atoms with Crippen molar-refractivity contribution in [1.29, 1.82) is 0 Å². The van der Waals surface area contributed by atoms with Crippen LogP contribution in [0.5, 0.6) is 0 Å². The Labute approximate surface area is 103 Å². The molecule has 0 saturated heterocycles. The van der Waals surface area contributed by atoms with Crippen LogP contribution in [-0.4, -0.2) is 18.5 Å². The van der Waals surface area contributed by atoms with Gasteiger partial charge in [0.25, 0.3) is 0 Å². The Morgan fingerprint density at radius 1 is 1.41 bits per heavy atom. The maximum atomic E-state index is 11.6. The van der Waals surface area contributed by atoms with E-state index in [2.05, 4.69) is 10.6 Å². The molecular formula is C13H21N3O. The summed E-state index contributed by atoms with van der Waals surface area (Å²) in [6.45, 7) is 5.21. The lowest BCUT2D eigenvalue weighted by Crippen LogP contribution is -2.42. The Morgan fingerprint density at radius 2 is 2.12 bits per heavy atom. The average molecular weight is 235 g/mol. The lowest BCUT2D eigenvalue weighted by atomic mass is 10.1. The molecule has 0 heterocycles. The van der Waals surface area contributed by atoms with Gasteiger partial charge in [0.2, 0.25) is 5.91 Å². The Bertz CT molecular complexity index is 365. The molecule has 4 heteroatoms. The van der Waals surface area contributed by atoms with E-state index in [-0.39, 0.29) is 11.9 Å².